The summed E-state index contributed by atoms with van der Waals surface area (Å²) >= 11 is 1.34. The third kappa shape index (κ3) is 4.07. The summed E-state index contributed by atoms with van der Waals surface area (Å²) in [6.45, 7) is 6.22. The number of nitrogens with one attached hydrogen (secondary N) is 1. The van der Waals surface area contributed by atoms with Gasteiger partial charge >= 0.3 is 0 Å². The Bertz CT molecular complexity index is 1150. The molecule has 3 aromatic heterocycles. The molecule has 0 aliphatic carbocycles. The number of aromatic nitrogens is 5. The van der Waals surface area contributed by atoms with Gasteiger partial charge in [0.15, 0.2) is 11.6 Å². The van der Waals surface area contributed by atoms with E-state index in [1.807, 2.05) is 50.2 Å². The number of thioether (sulfide) groups is 1. The van der Waals surface area contributed by atoms with Crippen molar-refractivity contribution >= 4 is 17.5 Å². The minimum absolute atomic E-state index is 0.0786. The highest BCUT2D eigenvalue weighted by molar-refractivity contribution is 7.99. The van der Waals surface area contributed by atoms with Crippen molar-refractivity contribution in [1.29, 1.82) is 0 Å². The number of rotatable bonds is 7. The molecule has 1 atom stereocenters. The first-order valence-electron chi connectivity index (χ1n) is 9.76. The molecular formula is C23H23N5OS. The van der Waals surface area contributed by atoms with Gasteiger partial charge in [0.05, 0.1) is 11.8 Å². The van der Waals surface area contributed by atoms with E-state index < -0.39 is 0 Å². The standard InChI is InChI=1S/C23H23N5OS/c1-15-13-20(17(3)28(15)16(2)18-7-5-4-6-8-18)21(29)14-30-23-25-22(26-27-23)19-9-11-24-12-10-19/h4-13,16H,14H2,1-3H3,(H,25,26,27)/t16-/m0/s1. The zero-order chi connectivity index (χ0) is 21.1. The molecule has 152 valence electrons. The van der Waals surface area contributed by atoms with E-state index in [9.17, 15) is 4.79 Å². The Morgan fingerprint density at radius 3 is 2.60 bits per heavy atom. The highest BCUT2D eigenvalue weighted by Gasteiger charge is 2.20. The maximum atomic E-state index is 12.9. The van der Waals surface area contributed by atoms with Gasteiger partial charge in [-0.15, -0.1) is 5.10 Å². The number of aryl methyl sites for hydroxylation is 1. The smallest absolute Gasteiger partial charge is 0.209 e. The summed E-state index contributed by atoms with van der Waals surface area (Å²) in [6.07, 6.45) is 3.42. The largest absolute Gasteiger partial charge is 0.341 e. The molecule has 0 saturated heterocycles. The lowest BCUT2D eigenvalue weighted by atomic mass is 10.1. The molecule has 0 radical (unpaired) electrons. The first kappa shape index (κ1) is 20.1. The van der Waals surface area contributed by atoms with Gasteiger partial charge in [-0.2, -0.15) is 0 Å². The van der Waals surface area contributed by atoms with Gasteiger partial charge in [0, 0.05) is 34.9 Å². The Balaban J connectivity index is 1.48. The first-order valence-corrected chi connectivity index (χ1v) is 10.8. The molecule has 4 aromatic rings. The van der Waals surface area contributed by atoms with Crippen LogP contribution < -0.4 is 0 Å². The van der Waals surface area contributed by atoms with E-state index in [1.165, 1.54) is 17.3 Å². The molecule has 0 aliphatic heterocycles. The van der Waals surface area contributed by atoms with Crippen molar-refractivity contribution in [2.75, 3.05) is 5.75 Å². The number of benzene rings is 1. The summed E-state index contributed by atoms with van der Waals surface area (Å²) < 4.78 is 2.22. The van der Waals surface area contributed by atoms with Gasteiger partial charge in [-0.3, -0.25) is 14.9 Å². The number of ketones is 1. The van der Waals surface area contributed by atoms with E-state index in [-0.39, 0.29) is 17.6 Å². The number of pyridine rings is 1. The van der Waals surface area contributed by atoms with Gasteiger partial charge in [0.1, 0.15) is 0 Å². The van der Waals surface area contributed by atoms with E-state index in [0.29, 0.717) is 11.0 Å². The fraction of sp³-hybridized carbons (Fsp3) is 0.217. The Morgan fingerprint density at radius 2 is 1.87 bits per heavy atom. The number of Topliss-reactive ketones (excluding diaryl/α,β-unsaturated/α-hetero) is 1. The fourth-order valence-electron chi connectivity index (χ4n) is 3.69. The number of carbonyl (C=O) groups is 1. The summed E-state index contributed by atoms with van der Waals surface area (Å²) in [4.78, 5) is 21.4. The first-order chi connectivity index (χ1) is 14.5. The van der Waals surface area contributed by atoms with E-state index in [2.05, 4.69) is 43.8 Å². The van der Waals surface area contributed by atoms with Crippen LogP contribution in [0.4, 0.5) is 0 Å². The minimum atomic E-state index is 0.0786. The molecule has 0 fully saturated rings. The molecule has 4 rings (SSSR count). The number of hydrogen-bond acceptors (Lipinski definition) is 5. The van der Waals surface area contributed by atoms with Crippen LogP contribution in [0, 0.1) is 13.8 Å². The lowest BCUT2D eigenvalue weighted by Crippen LogP contribution is -2.11. The van der Waals surface area contributed by atoms with Crippen LogP contribution >= 0.6 is 11.8 Å². The Kier molecular flexibility index (Phi) is 5.81. The van der Waals surface area contributed by atoms with Crippen LogP contribution in [0.25, 0.3) is 11.4 Å². The van der Waals surface area contributed by atoms with Crippen LogP contribution in [-0.2, 0) is 0 Å². The molecule has 0 unspecified atom stereocenters. The van der Waals surface area contributed by atoms with Crippen LogP contribution in [-0.4, -0.2) is 36.3 Å². The van der Waals surface area contributed by atoms with E-state index in [0.717, 1.165) is 22.5 Å². The Morgan fingerprint density at radius 1 is 1.13 bits per heavy atom. The predicted octanol–water partition coefficient (Wildman–Crippen LogP) is 4.87. The van der Waals surface area contributed by atoms with Gasteiger partial charge in [0.25, 0.3) is 0 Å². The van der Waals surface area contributed by atoms with Crippen molar-refractivity contribution < 1.29 is 4.79 Å². The summed E-state index contributed by atoms with van der Waals surface area (Å²) in [6, 6.07) is 16.2. The minimum Gasteiger partial charge on any atom is -0.341 e. The van der Waals surface area contributed by atoms with Crippen molar-refractivity contribution in [3.05, 3.63) is 83.4 Å². The molecule has 30 heavy (non-hydrogen) atoms. The molecule has 0 aliphatic rings. The maximum absolute atomic E-state index is 12.9. The average molecular weight is 418 g/mol. The summed E-state index contributed by atoms with van der Waals surface area (Å²) in [5.41, 5.74) is 4.95. The molecule has 0 saturated carbocycles. The van der Waals surface area contributed by atoms with Crippen molar-refractivity contribution in [3.63, 3.8) is 0 Å². The molecule has 1 N–H and O–H groups in total. The van der Waals surface area contributed by atoms with Crippen LogP contribution in [0.1, 0.15) is 40.3 Å². The lowest BCUT2D eigenvalue weighted by Gasteiger charge is -2.19. The SMILES string of the molecule is Cc1cc(C(=O)CSc2n[nH]c(-c3ccncc3)n2)c(C)n1[C@@H](C)c1ccccc1. The molecular weight excluding hydrogens is 394 g/mol. The molecule has 3 heterocycles. The zero-order valence-corrected chi connectivity index (χ0v) is 18.0. The van der Waals surface area contributed by atoms with Gasteiger partial charge in [-0.05, 0) is 44.5 Å². The zero-order valence-electron chi connectivity index (χ0n) is 17.2. The normalized spacial score (nSPS) is 12.1. The highest BCUT2D eigenvalue weighted by atomic mass is 32.2. The summed E-state index contributed by atoms with van der Waals surface area (Å²) in [7, 11) is 0. The van der Waals surface area contributed by atoms with Gasteiger partial charge in [-0.1, -0.05) is 42.1 Å². The van der Waals surface area contributed by atoms with Crippen LogP contribution in [0.3, 0.4) is 0 Å². The number of hydrogen-bond donors (Lipinski definition) is 1. The van der Waals surface area contributed by atoms with Gasteiger partial charge in [0.2, 0.25) is 5.16 Å². The van der Waals surface area contributed by atoms with E-state index in [4.69, 9.17) is 0 Å². The van der Waals surface area contributed by atoms with Crippen LogP contribution in [0.5, 0.6) is 0 Å². The van der Waals surface area contributed by atoms with Crippen LogP contribution in [0.15, 0.2) is 66.1 Å². The third-order valence-corrected chi connectivity index (χ3v) is 6.05. The monoisotopic (exact) mass is 417 g/mol. The third-order valence-electron chi connectivity index (χ3n) is 5.21. The quantitative estimate of drug-likeness (QED) is 0.343. The number of aromatic amines is 1. The molecule has 0 bridgehead atoms. The van der Waals surface area contributed by atoms with E-state index >= 15 is 0 Å². The second-order valence-electron chi connectivity index (χ2n) is 7.16. The number of carbonyl (C=O) groups excluding carboxylic acids is 1. The summed E-state index contributed by atoms with van der Waals surface area (Å²) in [5, 5.41) is 7.70. The predicted molar refractivity (Wildman–Crippen MR) is 119 cm³/mol. The van der Waals surface area contributed by atoms with Gasteiger partial charge < -0.3 is 4.57 Å². The summed E-state index contributed by atoms with van der Waals surface area (Å²) in [5.74, 6) is 1.04. The van der Waals surface area contributed by atoms with Crippen molar-refractivity contribution in [2.45, 2.75) is 32.0 Å². The van der Waals surface area contributed by atoms with Crippen LogP contribution in [0.2, 0.25) is 0 Å². The van der Waals surface area contributed by atoms with Crippen molar-refractivity contribution in [1.82, 2.24) is 24.7 Å². The van der Waals surface area contributed by atoms with E-state index in [1.54, 1.807) is 12.4 Å². The average Bonchev–Trinajstić information content (AvgIpc) is 3.37. The fourth-order valence-corrected chi connectivity index (χ4v) is 4.38. The topological polar surface area (TPSA) is 76.5 Å². The van der Waals surface area contributed by atoms with Gasteiger partial charge in [-0.25, -0.2) is 4.98 Å². The van der Waals surface area contributed by atoms with Crippen molar-refractivity contribution in [3.8, 4) is 11.4 Å². The second-order valence-corrected chi connectivity index (χ2v) is 8.10. The Hall–Kier alpha value is -3.19. The molecule has 1 aromatic carbocycles. The highest BCUT2D eigenvalue weighted by Crippen LogP contribution is 2.27. The molecule has 0 spiro atoms. The van der Waals surface area contributed by atoms with Crippen molar-refractivity contribution in [2.24, 2.45) is 0 Å². The maximum Gasteiger partial charge on any atom is 0.209 e. The molecule has 0 amide bonds. The lowest BCUT2D eigenvalue weighted by molar-refractivity contribution is 0.102. The second kappa shape index (κ2) is 8.67. The number of nitrogens with zero attached hydrogens (tertiary/aromatic N) is 4. The Labute approximate surface area is 179 Å². The number of H-pyrrole nitrogens is 1. The molecule has 6 nitrogen and oxygen atoms in total. The molecule has 7 heteroatoms.